The number of rotatable bonds is 8. The zero-order valence-corrected chi connectivity index (χ0v) is 15.4. The number of nitrogens with zero attached hydrogens (tertiary/aromatic N) is 3. The molecule has 0 aliphatic carbocycles. The molecule has 0 atom stereocenters. The molecule has 0 aliphatic heterocycles. The predicted octanol–water partition coefficient (Wildman–Crippen LogP) is 3.45. The fourth-order valence-corrected chi connectivity index (χ4v) is 2.39. The van der Waals surface area contributed by atoms with Crippen LogP contribution in [0.1, 0.15) is 38.2 Å². The number of benzene rings is 1. The Bertz CT molecular complexity index is 663. The third-order valence-electron chi connectivity index (χ3n) is 3.82. The minimum atomic E-state index is -0.198. The molecule has 25 heavy (non-hydrogen) atoms. The number of nitrogens with one attached hydrogen (secondary N) is 2. The molecule has 2 N–H and O–H groups in total. The summed E-state index contributed by atoms with van der Waals surface area (Å²) in [5.41, 5.74) is 2.45. The minimum absolute atomic E-state index is 0.198. The molecule has 0 aliphatic rings. The summed E-state index contributed by atoms with van der Waals surface area (Å²) < 4.78 is 0. The summed E-state index contributed by atoms with van der Waals surface area (Å²) in [4.78, 5) is 22.7. The van der Waals surface area contributed by atoms with E-state index in [4.69, 9.17) is 0 Å². The number of aromatic nitrogens is 2. The van der Waals surface area contributed by atoms with Gasteiger partial charge in [0.25, 0.3) is 5.91 Å². The molecule has 1 amide bonds. The van der Waals surface area contributed by atoms with E-state index in [1.165, 1.54) is 11.9 Å². The molecule has 134 valence electrons. The SMILES string of the molecule is CCN(CC)c1ccc(Nc2cnc(C(=O)NCC(C)C)cn2)cc1. The smallest absolute Gasteiger partial charge is 0.271 e. The van der Waals surface area contributed by atoms with Crippen LogP contribution in [0.15, 0.2) is 36.7 Å². The predicted molar refractivity (Wildman–Crippen MR) is 102 cm³/mol. The lowest BCUT2D eigenvalue weighted by Crippen LogP contribution is -2.28. The van der Waals surface area contributed by atoms with Crippen LogP contribution >= 0.6 is 0 Å². The maximum Gasteiger partial charge on any atom is 0.271 e. The summed E-state index contributed by atoms with van der Waals surface area (Å²) in [6.07, 6.45) is 3.06. The lowest BCUT2D eigenvalue weighted by atomic mass is 10.2. The topological polar surface area (TPSA) is 70.2 Å². The molecule has 1 aromatic heterocycles. The van der Waals surface area contributed by atoms with Crippen molar-refractivity contribution in [3.63, 3.8) is 0 Å². The van der Waals surface area contributed by atoms with Crippen LogP contribution in [-0.4, -0.2) is 35.5 Å². The highest BCUT2D eigenvalue weighted by molar-refractivity contribution is 5.92. The third kappa shape index (κ3) is 5.45. The normalized spacial score (nSPS) is 10.6. The van der Waals surface area contributed by atoms with Crippen LogP contribution in [0.4, 0.5) is 17.2 Å². The van der Waals surface area contributed by atoms with Crippen LogP contribution in [0.2, 0.25) is 0 Å². The van der Waals surface area contributed by atoms with Gasteiger partial charge < -0.3 is 15.5 Å². The zero-order chi connectivity index (χ0) is 18.2. The molecule has 1 heterocycles. The van der Waals surface area contributed by atoms with Gasteiger partial charge in [-0.25, -0.2) is 9.97 Å². The van der Waals surface area contributed by atoms with Crippen molar-refractivity contribution in [1.29, 1.82) is 0 Å². The van der Waals surface area contributed by atoms with Gasteiger partial charge in [-0.1, -0.05) is 13.8 Å². The largest absolute Gasteiger partial charge is 0.372 e. The van der Waals surface area contributed by atoms with Gasteiger partial charge in [0.1, 0.15) is 11.5 Å². The Morgan fingerprint density at radius 3 is 2.28 bits per heavy atom. The van der Waals surface area contributed by atoms with Crippen LogP contribution in [0.3, 0.4) is 0 Å². The summed E-state index contributed by atoms with van der Waals surface area (Å²) in [7, 11) is 0. The number of anilines is 3. The second kappa shape index (κ2) is 9.01. The number of amides is 1. The van der Waals surface area contributed by atoms with Crippen LogP contribution < -0.4 is 15.5 Å². The van der Waals surface area contributed by atoms with Gasteiger partial charge in [0.2, 0.25) is 0 Å². The van der Waals surface area contributed by atoms with Crippen molar-refractivity contribution in [3.05, 3.63) is 42.4 Å². The van der Waals surface area contributed by atoms with Gasteiger partial charge >= 0.3 is 0 Å². The van der Waals surface area contributed by atoms with Gasteiger partial charge in [0.05, 0.1) is 12.4 Å². The summed E-state index contributed by atoms with van der Waals surface area (Å²) in [6.45, 7) is 11.0. The Morgan fingerprint density at radius 2 is 1.76 bits per heavy atom. The van der Waals surface area contributed by atoms with Gasteiger partial charge in [0, 0.05) is 31.0 Å². The van der Waals surface area contributed by atoms with E-state index in [0.29, 0.717) is 24.0 Å². The van der Waals surface area contributed by atoms with Gasteiger partial charge in [-0.05, 0) is 44.0 Å². The minimum Gasteiger partial charge on any atom is -0.372 e. The van der Waals surface area contributed by atoms with Crippen molar-refractivity contribution in [1.82, 2.24) is 15.3 Å². The third-order valence-corrected chi connectivity index (χ3v) is 3.82. The Kier molecular flexibility index (Phi) is 6.74. The van der Waals surface area contributed by atoms with E-state index >= 15 is 0 Å². The Balaban J connectivity index is 1.98. The highest BCUT2D eigenvalue weighted by Crippen LogP contribution is 2.20. The average Bonchev–Trinajstić information content (AvgIpc) is 2.62. The molecule has 0 bridgehead atoms. The number of carbonyl (C=O) groups is 1. The lowest BCUT2D eigenvalue weighted by molar-refractivity contribution is 0.0943. The summed E-state index contributed by atoms with van der Waals surface area (Å²) in [6, 6.07) is 8.18. The monoisotopic (exact) mass is 341 g/mol. The fourth-order valence-electron chi connectivity index (χ4n) is 2.39. The van der Waals surface area contributed by atoms with Crippen molar-refractivity contribution in [2.24, 2.45) is 5.92 Å². The van der Waals surface area contributed by atoms with Crippen LogP contribution in [0.25, 0.3) is 0 Å². The zero-order valence-electron chi connectivity index (χ0n) is 15.4. The molecule has 0 saturated carbocycles. The quantitative estimate of drug-likeness (QED) is 0.769. The number of hydrogen-bond acceptors (Lipinski definition) is 5. The van der Waals surface area contributed by atoms with Crippen LogP contribution in [0.5, 0.6) is 0 Å². The molecule has 6 heteroatoms. The molecular formula is C19H27N5O. The Hall–Kier alpha value is -2.63. The fraction of sp³-hybridized carbons (Fsp3) is 0.421. The molecule has 1 aromatic carbocycles. The first kappa shape index (κ1) is 18.7. The molecule has 2 rings (SSSR count). The Morgan fingerprint density at radius 1 is 1.08 bits per heavy atom. The molecule has 0 spiro atoms. The number of carbonyl (C=O) groups excluding carboxylic acids is 1. The molecule has 6 nitrogen and oxygen atoms in total. The summed E-state index contributed by atoms with van der Waals surface area (Å²) >= 11 is 0. The Labute approximate surface area is 149 Å². The van der Waals surface area contributed by atoms with E-state index in [9.17, 15) is 4.79 Å². The van der Waals surface area contributed by atoms with Gasteiger partial charge in [-0.2, -0.15) is 0 Å². The highest BCUT2D eigenvalue weighted by atomic mass is 16.1. The summed E-state index contributed by atoms with van der Waals surface area (Å²) in [5, 5.41) is 6.03. The van der Waals surface area contributed by atoms with E-state index in [2.05, 4.69) is 51.5 Å². The molecular weight excluding hydrogens is 314 g/mol. The van der Waals surface area contributed by atoms with Crippen LogP contribution in [-0.2, 0) is 0 Å². The van der Waals surface area contributed by atoms with E-state index in [1.807, 2.05) is 26.0 Å². The molecule has 0 saturated heterocycles. The summed E-state index contributed by atoms with van der Waals surface area (Å²) in [5.74, 6) is 0.810. The lowest BCUT2D eigenvalue weighted by Gasteiger charge is -2.21. The van der Waals surface area contributed by atoms with E-state index < -0.39 is 0 Å². The molecule has 2 aromatic rings. The average molecular weight is 341 g/mol. The molecule has 0 unspecified atom stereocenters. The second-order valence-electron chi connectivity index (χ2n) is 6.23. The van der Waals surface area contributed by atoms with E-state index in [1.54, 1.807) is 6.20 Å². The first-order valence-corrected chi connectivity index (χ1v) is 8.75. The van der Waals surface area contributed by atoms with E-state index in [0.717, 1.165) is 18.8 Å². The van der Waals surface area contributed by atoms with E-state index in [-0.39, 0.29) is 5.91 Å². The number of hydrogen-bond donors (Lipinski definition) is 2. The molecule has 0 radical (unpaired) electrons. The van der Waals surface area contributed by atoms with Crippen molar-refractivity contribution >= 4 is 23.1 Å². The van der Waals surface area contributed by atoms with Crippen LogP contribution in [0, 0.1) is 5.92 Å². The van der Waals surface area contributed by atoms with Gasteiger partial charge in [0.15, 0.2) is 0 Å². The second-order valence-corrected chi connectivity index (χ2v) is 6.23. The van der Waals surface area contributed by atoms with Crippen molar-refractivity contribution in [2.45, 2.75) is 27.7 Å². The molecule has 0 fully saturated rings. The first-order valence-electron chi connectivity index (χ1n) is 8.75. The first-order chi connectivity index (χ1) is 12.0. The standard InChI is InChI=1S/C19H27N5O/c1-5-24(6-2)16-9-7-15(8-10-16)23-18-13-20-17(12-21-18)19(25)22-11-14(3)4/h7-10,12-14H,5-6,11H2,1-4H3,(H,21,23)(H,22,25). The van der Waals surface area contributed by atoms with Crippen molar-refractivity contribution < 1.29 is 4.79 Å². The maximum atomic E-state index is 11.9. The van der Waals surface area contributed by atoms with Gasteiger partial charge in [-0.3, -0.25) is 4.79 Å². The highest BCUT2D eigenvalue weighted by Gasteiger charge is 2.08. The maximum absolute atomic E-state index is 11.9. The van der Waals surface area contributed by atoms with Gasteiger partial charge in [-0.15, -0.1) is 0 Å². The van der Waals surface area contributed by atoms with Crippen molar-refractivity contribution in [3.8, 4) is 0 Å². The van der Waals surface area contributed by atoms with Crippen molar-refractivity contribution in [2.75, 3.05) is 29.9 Å².